The number of nitrogens with one attached hydrogen (secondary N) is 3. The van der Waals surface area contributed by atoms with E-state index in [1.165, 1.54) is 0 Å². The van der Waals surface area contributed by atoms with Gasteiger partial charge >= 0.3 is 0 Å². The Hall–Kier alpha value is -3.07. The van der Waals surface area contributed by atoms with Crippen LogP contribution in [0.5, 0.6) is 5.75 Å². The Morgan fingerprint density at radius 3 is 2.14 bits per heavy atom. The van der Waals surface area contributed by atoms with Crippen LogP contribution in [0.1, 0.15) is 6.92 Å². The quantitative estimate of drug-likeness (QED) is 0.594. The van der Waals surface area contributed by atoms with Crippen molar-refractivity contribution in [3.63, 3.8) is 0 Å². The largest absolute Gasteiger partial charge is 0.494 e. The maximum Gasteiger partial charge on any atom is 0.279 e. The van der Waals surface area contributed by atoms with Crippen LogP contribution in [0.4, 0.5) is 24.5 Å². The van der Waals surface area contributed by atoms with E-state index in [2.05, 4.69) is 10.6 Å². The summed E-state index contributed by atoms with van der Waals surface area (Å²) in [6, 6.07) is 8.47. The number of rotatable bonds is 8. The van der Waals surface area contributed by atoms with Crippen LogP contribution >= 0.6 is 0 Å². The highest BCUT2D eigenvalue weighted by Crippen LogP contribution is 2.19. The summed E-state index contributed by atoms with van der Waals surface area (Å²) in [5.41, 5.74) is 0.116. The van der Waals surface area contributed by atoms with Crippen molar-refractivity contribution in [2.45, 2.75) is 6.92 Å². The number of amides is 2. The highest BCUT2D eigenvalue weighted by molar-refractivity contribution is 5.93. The zero-order valence-corrected chi connectivity index (χ0v) is 15.4. The van der Waals surface area contributed by atoms with E-state index in [1.807, 2.05) is 6.92 Å². The summed E-state index contributed by atoms with van der Waals surface area (Å²) >= 11 is 0. The Balaban J connectivity index is 1.83. The smallest absolute Gasteiger partial charge is 0.279 e. The molecule has 0 aromatic heterocycles. The second-order valence-electron chi connectivity index (χ2n) is 6.09. The summed E-state index contributed by atoms with van der Waals surface area (Å²) in [5.74, 6) is -4.76. The number of carbonyl (C=O) groups is 2. The fourth-order valence-electron chi connectivity index (χ4n) is 2.43. The number of halogens is 3. The van der Waals surface area contributed by atoms with E-state index in [0.717, 1.165) is 12.1 Å². The van der Waals surface area contributed by atoms with Gasteiger partial charge in [0.2, 0.25) is 0 Å². The second-order valence-corrected chi connectivity index (χ2v) is 6.09. The number of hydrogen-bond acceptors (Lipinski definition) is 3. The summed E-state index contributed by atoms with van der Waals surface area (Å²) in [4.78, 5) is 24.5. The third-order valence-electron chi connectivity index (χ3n) is 3.68. The molecule has 2 aromatic carbocycles. The molecule has 0 heterocycles. The van der Waals surface area contributed by atoms with Crippen molar-refractivity contribution in [2.24, 2.45) is 0 Å². The van der Waals surface area contributed by atoms with Crippen LogP contribution in [-0.2, 0) is 9.59 Å². The molecule has 0 saturated heterocycles. The predicted molar refractivity (Wildman–Crippen MR) is 97.8 cm³/mol. The number of quaternary nitrogens is 1. The molecule has 150 valence electrons. The molecule has 0 aliphatic heterocycles. The van der Waals surface area contributed by atoms with Crippen molar-refractivity contribution in [2.75, 3.05) is 37.4 Å². The summed E-state index contributed by atoms with van der Waals surface area (Å²) < 4.78 is 45.0. The lowest BCUT2D eigenvalue weighted by molar-refractivity contribution is -0.862. The SMILES string of the molecule is CCOc1ccc(NC(=O)C[NH+](C)CC(=O)Nc2ccc(F)c(F)c2F)cc1. The van der Waals surface area contributed by atoms with Gasteiger partial charge in [-0.15, -0.1) is 0 Å². The van der Waals surface area contributed by atoms with E-state index in [4.69, 9.17) is 4.74 Å². The highest BCUT2D eigenvalue weighted by atomic mass is 19.2. The van der Waals surface area contributed by atoms with Gasteiger partial charge in [-0.2, -0.15) is 0 Å². The molecule has 0 fully saturated rings. The van der Waals surface area contributed by atoms with E-state index in [1.54, 1.807) is 31.3 Å². The number of ether oxygens (including phenoxy) is 1. The van der Waals surface area contributed by atoms with Crippen molar-refractivity contribution in [3.8, 4) is 5.75 Å². The first-order valence-electron chi connectivity index (χ1n) is 8.57. The molecule has 0 bridgehead atoms. The minimum Gasteiger partial charge on any atom is -0.494 e. The van der Waals surface area contributed by atoms with Gasteiger partial charge < -0.3 is 20.3 Å². The van der Waals surface area contributed by atoms with Crippen LogP contribution in [0.15, 0.2) is 36.4 Å². The highest BCUT2D eigenvalue weighted by Gasteiger charge is 2.18. The fraction of sp³-hybridized carbons (Fsp3) is 0.263. The van der Waals surface area contributed by atoms with E-state index in [9.17, 15) is 22.8 Å². The van der Waals surface area contributed by atoms with E-state index >= 15 is 0 Å². The second kappa shape index (κ2) is 9.75. The number of carbonyl (C=O) groups excluding carboxylic acids is 2. The van der Waals surface area contributed by atoms with Crippen molar-refractivity contribution in [3.05, 3.63) is 53.8 Å². The average molecular weight is 396 g/mol. The van der Waals surface area contributed by atoms with Crippen LogP contribution in [0, 0.1) is 17.5 Å². The molecule has 1 atom stereocenters. The Bertz CT molecular complexity index is 844. The molecule has 2 rings (SSSR count). The molecular weight excluding hydrogens is 375 g/mol. The van der Waals surface area contributed by atoms with Gasteiger partial charge in [0.05, 0.1) is 19.3 Å². The minimum absolute atomic E-state index is 0.0269. The van der Waals surface area contributed by atoms with Crippen LogP contribution in [0.3, 0.4) is 0 Å². The first kappa shape index (κ1) is 21.2. The molecule has 0 saturated carbocycles. The van der Waals surface area contributed by atoms with Crippen molar-refractivity contribution in [1.82, 2.24) is 0 Å². The minimum atomic E-state index is -1.66. The fourth-order valence-corrected chi connectivity index (χ4v) is 2.43. The van der Waals surface area contributed by atoms with E-state index in [0.29, 0.717) is 22.9 Å². The number of benzene rings is 2. The van der Waals surface area contributed by atoms with Crippen molar-refractivity contribution in [1.29, 1.82) is 0 Å². The molecule has 0 aliphatic rings. The average Bonchev–Trinajstić information content (AvgIpc) is 2.64. The van der Waals surface area contributed by atoms with Gasteiger partial charge in [-0.25, -0.2) is 13.2 Å². The molecule has 6 nitrogen and oxygen atoms in total. The molecular formula is C19H21F3N3O3+. The van der Waals surface area contributed by atoms with Crippen LogP contribution in [0.25, 0.3) is 0 Å². The maximum absolute atomic E-state index is 13.6. The lowest BCUT2D eigenvalue weighted by atomic mass is 10.2. The molecule has 3 N–H and O–H groups in total. The summed E-state index contributed by atoms with van der Waals surface area (Å²) in [6.45, 7) is 2.21. The molecule has 2 amide bonds. The first-order valence-corrected chi connectivity index (χ1v) is 8.57. The topological polar surface area (TPSA) is 71.9 Å². The van der Waals surface area contributed by atoms with Gasteiger partial charge in [0.1, 0.15) is 5.75 Å². The van der Waals surface area contributed by atoms with Crippen molar-refractivity contribution < 1.29 is 32.4 Å². The number of hydrogen-bond donors (Lipinski definition) is 3. The standard InChI is InChI=1S/C19H20F3N3O3/c1-3-28-13-6-4-12(5-7-13)23-16(26)10-25(2)11-17(27)24-15-9-8-14(20)18(21)19(15)22/h4-9H,3,10-11H2,1-2H3,(H,23,26)(H,24,27)/p+1. The molecule has 1 unspecified atom stereocenters. The molecule has 0 aliphatic carbocycles. The summed E-state index contributed by atoms with van der Waals surface area (Å²) in [6.07, 6.45) is 0. The Labute approximate surface area is 160 Å². The van der Waals surface area contributed by atoms with Gasteiger partial charge in [-0.1, -0.05) is 0 Å². The van der Waals surface area contributed by atoms with Crippen LogP contribution in [0.2, 0.25) is 0 Å². The van der Waals surface area contributed by atoms with Crippen LogP contribution in [-0.4, -0.2) is 38.6 Å². The molecule has 0 radical (unpaired) electrons. The Morgan fingerprint density at radius 1 is 0.929 bits per heavy atom. The zero-order chi connectivity index (χ0) is 20.7. The summed E-state index contributed by atoms with van der Waals surface area (Å²) in [7, 11) is 1.60. The van der Waals surface area contributed by atoms with Gasteiger partial charge in [-0.3, -0.25) is 9.59 Å². The van der Waals surface area contributed by atoms with Gasteiger partial charge in [0.15, 0.2) is 30.5 Å². The van der Waals surface area contributed by atoms with Crippen LogP contribution < -0.4 is 20.3 Å². The molecule has 0 spiro atoms. The first-order chi connectivity index (χ1) is 13.3. The van der Waals surface area contributed by atoms with Crippen molar-refractivity contribution >= 4 is 23.2 Å². The Morgan fingerprint density at radius 2 is 1.54 bits per heavy atom. The third kappa shape index (κ3) is 5.98. The van der Waals surface area contributed by atoms with Gasteiger partial charge in [0.25, 0.3) is 11.8 Å². The zero-order valence-electron chi connectivity index (χ0n) is 15.4. The van der Waals surface area contributed by atoms with E-state index < -0.39 is 29.0 Å². The number of likely N-dealkylation sites (N-methyl/N-ethyl adjacent to an activating group) is 1. The maximum atomic E-state index is 13.6. The van der Waals surface area contributed by atoms with E-state index in [-0.39, 0.29) is 19.0 Å². The molecule has 28 heavy (non-hydrogen) atoms. The third-order valence-corrected chi connectivity index (χ3v) is 3.68. The Kier molecular flexibility index (Phi) is 7.39. The monoisotopic (exact) mass is 396 g/mol. The lowest BCUT2D eigenvalue weighted by Gasteiger charge is -2.14. The predicted octanol–water partition coefficient (Wildman–Crippen LogP) is 1.59. The molecule has 2 aromatic rings. The van der Waals surface area contributed by atoms with Gasteiger partial charge in [-0.05, 0) is 43.3 Å². The normalized spacial score (nSPS) is 11.6. The lowest BCUT2D eigenvalue weighted by Crippen LogP contribution is -3.11. The number of anilines is 2. The molecule has 9 heteroatoms. The summed E-state index contributed by atoms with van der Waals surface area (Å²) in [5, 5.41) is 4.85. The van der Waals surface area contributed by atoms with Gasteiger partial charge in [0, 0.05) is 5.69 Å².